The summed E-state index contributed by atoms with van der Waals surface area (Å²) in [5.74, 6) is 1.13. The lowest BCUT2D eigenvalue weighted by atomic mass is 9.95. The number of methoxy groups -OCH3 is 1. The maximum Gasteiger partial charge on any atom is 0.223 e. The van der Waals surface area contributed by atoms with Crippen molar-refractivity contribution in [3.8, 4) is 5.75 Å². The molecule has 0 bridgehead atoms. The number of hydrogen-bond acceptors (Lipinski definition) is 3. The third-order valence-electron chi connectivity index (χ3n) is 4.94. The second-order valence-corrected chi connectivity index (χ2v) is 7.18. The third-order valence-corrected chi connectivity index (χ3v) is 5.18. The fourth-order valence-corrected chi connectivity index (χ4v) is 3.66. The van der Waals surface area contributed by atoms with Crippen LogP contribution in [0.25, 0.3) is 0 Å². The van der Waals surface area contributed by atoms with Gasteiger partial charge in [0.1, 0.15) is 5.75 Å². The number of hydrogen-bond donors (Lipinski definition) is 1. The molecule has 0 spiro atoms. The molecule has 0 aromatic heterocycles. The quantitative estimate of drug-likeness (QED) is 0.862. The molecular formula is C21H25ClN2O2. The van der Waals surface area contributed by atoms with E-state index in [1.165, 1.54) is 0 Å². The Morgan fingerprint density at radius 3 is 2.88 bits per heavy atom. The van der Waals surface area contributed by atoms with Crippen LogP contribution in [-0.4, -0.2) is 37.6 Å². The molecular weight excluding hydrogens is 348 g/mol. The predicted octanol–water partition coefficient (Wildman–Crippen LogP) is 4.02. The molecule has 0 radical (unpaired) electrons. The molecule has 3 rings (SSSR count). The lowest BCUT2D eigenvalue weighted by Crippen LogP contribution is -2.48. The molecule has 138 valence electrons. The summed E-state index contributed by atoms with van der Waals surface area (Å²) in [6.07, 6.45) is 0.476. The number of nitrogens with zero attached hydrogens (tertiary/aromatic N) is 1. The first-order valence-electron chi connectivity index (χ1n) is 8.98. The molecule has 5 heteroatoms. The second-order valence-electron chi connectivity index (χ2n) is 6.74. The zero-order chi connectivity index (χ0) is 18.5. The Kier molecular flexibility index (Phi) is 6.17. The Morgan fingerprint density at radius 1 is 1.31 bits per heavy atom. The highest BCUT2D eigenvalue weighted by atomic mass is 35.5. The van der Waals surface area contributed by atoms with Crippen LogP contribution in [-0.2, 0) is 4.79 Å². The molecule has 2 aromatic rings. The van der Waals surface area contributed by atoms with Gasteiger partial charge in [-0.3, -0.25) is 4.79 Å². The number of ether oxygens (including phenoxy) is 1. The molecule has 2 unspecified atom stereocenters. The third kappa shape index (κ3) is 4.37. The van der Waals surface area contributed by atoms with E-state index in [9.17, 15) is 4.79 Å². The fourth-order valence-electron chi connectivity index (χ4n) is 3.46. The van der Waals surface area contributed by atoms with E-state index in [1.54, 1.807) is 7.11 Å². The number of carbonyl (C=O) groups excluding carboxylic acids is 1. The minimum absolute atomic E-state index is 0.0208. The first kappa shape index (κ1) is 18.7. The van der Waals surface area contributed by atoms with Gasteiger partial charge in [-0.2, -0.15) is 0 Å². The molecule has 1 aliphatic rings. The number of benzene rings is 2. The molecule has 26 heavy (non-hydrogen) atoms. The summed E-state index contributed by atoms with van der Waals surface area (Å²) in [5.41, 5.74) is 2.19. The zero-order valence-corrected chi connectivity index (χ0v) is 16.0. The Bertz CT molecular complexity index is 765. The van der Waals surface area contributed by atoms with Crippen molar-refractivity contribution < 1.29 is 9.53 Å². The molecule has 1 N–H and O–H groups in total. The van der Waals surface area contributed by atoms with E-state index in [0.717, 1.165) is 30.0 Å². The molecule has 1 heterocycles. The molecule has 0 aliphatic carbocycles. The van der Waals surface area contributed by atoms with Gasteiger partial charge in [-0.25, -0.2) is 0 Å². The van der Waals surface area contributed by atoms with Gasteiger partial charge >= 0.3 is 0 Å². The van der Waals surface area contributed by atoms with Crippen molar-refractivity contribution in [2.75, 3.05) is 26.7 Å². The van der Waals surface area contributed by atoms with Gasteiger partial charge in [0.15, 0.2) is 0 Å². The number of nitrogens with one attached hydrogen (secondary N) is 1. The number of halogens is 1. The Balaban J connectivity index is 1.74. The SMILES string of the molecule is COc1cccc(C(C)CC(=O)N2CCNCC2c2cccc(Cl)c2)c1. The van der Waals surface area contributed by atoms with Crippen molar-refractivity contribution >= 4 is 17.5 Å². The van der Waals surface area contributed by atoms with Crippen molar-refractivity contribution in [1.82, 2.24) is 10.2 Å². The topological polar surface area (TPSA) is 41.6 Å². The van der Waals surface area contributed by atoms with Crippen LogP contribution in [0.2, 0.25) is 5.02 Å². The van der Waals surface area contributed by atoms with Crippen LogP contribution in [0, 0.1) is 0 Å². The van der Waals surface area contributed by atoms with Crippen LogP contribution in [0.1, 0.15) is 36.4 Å². The van der Waals surface area contributed by atoms with Crippen molar-refractivity contribution in [2.24, 2.45) is 0 Å². The van der Waals surface area contributed by atoms with Gasteiger partial charge in [0.25, 0.3) is 0 Å². The van der Waals surface area contributed by atoms with E-state index < -0.39 is 0 Å². The van der Waals surface area contributed by atoms with Crippen molar-refractivity contribution in [1.29, 1.82) is 0 Å². The Labute approximate surface area is 160 Å². The molecule has 0 saturated carbocycles. The van der Waals surface area contributed by atoms with E-state index in [4.69, 9.17) is 16.3 Å². The number of piperazine rings is 1. The number of amides is 1. The van der Waals surface area contributed by atoms with E-state index in [1.807, 2.05) is 53.4 Å². The fraction of sp³-hybridized carbons (Fsp3) is 0.381. The van der Waals surface area contributed by atoms with Crippen LogP contribution in [0.3, 0.4) is 0 Å². The average molecular weight is 373 g/mol. The molecule has 1 aliphatic heterocycles. The zero-order valence-electron chi connectivity index (χ0n) is 15.2. The second kappa shape index (κ2) is 8.56. The Morgan fingerprint density at radius 2 is 2.12 bits per heavy atom. The van der Waals surface area contributed by atoms with Gasteiger partial charge in [0.2, 0.25) is 5.91 Å². The highest BCUT2D eigenvalue weighted by molar-refractivity contribution is 6.30. The lowest BCUT2D eigenvalue weighted by molar-refractivity contribution is -0.134. The van der Waals surface area contributed by atoms with E-state index in [-0.39, 0.29) is 17.9 Å². The molecule has 1 fully saturated rings. The molecule has 1 saturated heterocycles. The van der Waals surface area contributed by atoms with Gasteiger partial charge in [0.05, 0.1) is 13.2 Å². The van der Waals surface area contributed by atoms with Crippen molar-refractivity contribution in [2.45, 2.75) is 25.3 Å². The Hall–Kier alpha value is -2.04. The highest BCUT2D eigenvalue weighted by Gasteiger charge is 2.28. The van der Waals surface area contributed by atoms with Crippen LogP contribution in [0.4, 0.5) is 0 Å². The first-order valence-corrected chi connectivity index (χ1v) is 9.36. The predicted molar refractivity (Wildman–Crippen MR) is 105 cm³/mol. The van der Waals surface area contributed by atoms with Crippen LogP contribution < -0.4 is 10.1 Å². The largest absolute Gasteiger partial charge is 0.497 e. The van der Waals surface area contributed by atoms with Gasteiger partial charge in [0, 0.05) is 31.1 Å². The van der Waals surface area contributed by atoms with Gasteiger partial charge in [-0.05, 0) is 41.3 Å². The molecule has 4 nitrogen and oxygen atoms in total. The van der Waals surface area contributed by atoms with Gasteiger partial charge < -0.3 is 15.0 Å². The summed E-state index contributed by atoms with van der Waals surface area (Å²) < 4.78 is 5.30. The smallest absolute Gasteiger partial charge is 0.223 e. The van der Waals surface area contributed by atoms with Gasteiger partial charge in [-0.1, -0.05) is 42.8 Å². The lowest BCUT2D eigenvalue weighted by Gasteiger charge is -2.37. The molecule has 2 atom stereocenters. The summed E-state index contributed by atoms with van der Waals surface area (Å²) in [4.78, 5) is 15.0. The average Bonchev–Trinajstić information content (AvgIpc) is 2.68. The molecule has 2 aromatic carbocycles. The highest BCUT2D eigenvalue weighted by Crippen LogP contribution is 2.28. The minimum Gasteiger partial charge on any atom is -0.497 e. The van der Waals surface area contributed by atoms with Crippen LogP contribution >= 0.6 is 11.6 Å². The monoisotopic (exact) mass is 372 g/mol. The maximum absolute atomic E-state index is 13.0. The maximum atomic E-state index is 13.0. The molecule has 1 amide bonds. The summed E-state index contributed by atoms with van der Waals surface area (Å²) in [6.45, 7) is 4.36. The first-order chi connectivity index (χ1) is 12.6. The summed E-state index contributed by atoms with van der Waals surface area (Å²) in [7, 11) is 1.66. The van der Waals surface area contributed by atoms with Crippen molar-refractivity contribution in [3.63, 3.8) is 0 Å². The number of carbonyl (C=O) groups is 1. The summed E-state index contributed by atoms with van der Waals surface area (Å²) in [5, 5.41) is 4.08. The standard InChI is InChI=1S/C21H25ClN2O2/c1-15(16-5-4-8-19(13-16)26-2)11-21(25)24-10-9-23-14-20(24)17-6-3-7-18(22)12-17/h3-8,12-13,15,20,23H,9-11,14H2,1-2H3. The van der Waals surface area contributed by atoms with Crippen LogP contribution in [0.15, 0.2) is 48.5 Å². The van der Waals surface area contributed by atoms with E-state index in [2.05, 4.69) is 12.2 Å². The summed E-state index contributed by atoms with van der Waals surface area (Å²) >= 11 is 6.15. The minimum atomic E-state index is 0.0208. The normalized spacial score (nSPS) is 18.4. The van der Waals surface area contributed by atoms with E-state index in [0.29, 0.717) is 18.0 Å². The van der Waals surface area contributed by atoms with Gasteiger partial charge in [-0.15, -0.1) is 0 Å². The van der Waals surface area contributed by atoms with E-state index >= 15 is 0 Å². The van der Waals surface area contributed by atoms with Crippen LogP contribution in [0.5, 0.6) is 5.75 Å². The number of rotatable bonds is 5. The summed E-state index contributed by atoms with van der Waals surface area (Å²) in [6, 6.07) is 15.7. The van der Waals surface area contributed by atoms with Crippen molar-refractivity contribution in [3.05, 3.63) is 64.7 Å².